The quantitative estimate of drug-likeness (QED) is 0.602. The van der Waals surface area contributed by atoms with Crippen LogP contribution in [-0.4, -0.2) is 41.5 Å². The number of rotatable bonds is 3. The molecule has 1 fully saturated rings. The van der Waals surface area contributed by atoms with Crippen molar-refractivity contribution in [3.63, 3.8) is 0 Å². The van der Waals surface area contributed by atoms with E-state index in [9.17, 15) is 14.9 Å². The highest BCUT2D eigenvalue weighted by atomic mass is 16.6. The smallest absolute Gasteiger partial charge is 0.269 e. The molecule has 0 saturated carbocycles. The second-order valence-electron chi connectivity index (χ2n) is 4.41. The Balaban J connectivity index is 2.09. The van der Waals surface area contributed by atoms with Gasteiger partial charge in [0.1, 0.15) is 6.04 Å². The molecule has 0 radical (unpaired) electrons. The summed E-state index contributed by atoms with van der Waals surface area (Å²) < 4.78 is 5.15. The molecule has 0 aliphatic carbocycles. The number of hydrogen-bond donors (Lipinski definition) is 0. The molecule has 1 aliphatic rings. The van der Waals surface area contributed by atoms with Gasteiger partial charge < -0.3 is 9.64 Å². The van der Waals surface area contributed by atoms with Gasteiger partial charge in [-0.2, -0.15) is 5.26 Å². The molecule has 0 spiro atoms. The Morgan fingerprint density at radius 1 is 1.60 bits per heavy atom. The van der Waals surface area contributed by atoms with E-state index in [1.54, 1.807) is 12.1 Å². The molecule has 1 amide bonds. The van der Waals surface area contributed by atoms with E-state index in [-0.39, 0.29) is 24.6 Å². The largest absolute Gasteiger partial charge is 0.376 e. The van der Waals surface area contributed by atoms with Crippen LogP contribution in [-0.2, 0) is 16.0 Å². The lowest BCUT2D eigenvalue weighted by molar-refractivity contribution is -0.384. The number of morpholine rings is 1. The lowest BCUT2D eigenvalue weighted by atomic mass is 10.1. The number of nitrogens with zero attached hydrogens (tertiary/aromatic N) is 3. The Morgan fingerprint density at radius 2 is 2.40 bits per heavy atom. The number of carbonyl (C=O) groups excluding carboxylic acids is 1. The lowest BCUT2D eigenvalue weighted by Crippen LogP contribution is -2.48. The molecule has 1 saturated heterocycles. The van der Waals surface area contributed by atoms with Gasteiger partial charge in [0.25, 0.3) is 5.69 Å². The zero-order chi connectivity index (χ0) is 14.5. The predicted molar refractivity (Wildman–Crippen MR) is 68.7 cm³/mol. The summed E-state index contributed by atoms with van der Waals surface area (Å²) in [6.07, 6.45) is 0.0415. The number of nitro benzene ring substituents is 1. The minimum absolute atomic E-state index is 0.0415. The second kappa shape index (κ2) is 6.12. The van der Waals surface area contributed by atoms with Crippen molar-refractivity contribution < 1.29 is 14.5 Å². The van der Waals surface area contributed by atoms with E-state index < -0.39 is 11.0 Å². The van der Waals surface area contributed by atoms with Crippen molar-refractivity contribution in [3.8, 4) is 6.07 Å². The monoisotopic (exact) mass is 275 g/mol. The zero-order valence-corrected chi connectivity index (χ0v) is 10.7. The Labute approximate surface area is 115 Å². The van der Waals surface area contributed by atoms with Crippen molar-refractivity contribution in [2.45, 2.75) is 12.5 Å². The fraction of sp³-hybridized carbons (Fsp3) is 0.385. The van der Waals surface area contributed by atoms with Crippen LogP contribution in [0.5, 0.6) is 0 Å². The van der Waals surface area contributed by atoms with Gasteiger partial charge in [0.15, 0.2) is 0 Å². The van der Waals surface area contributed by atoms with Crippen LogP contribution in [0.3, 0.4) is 0 Å². The van der Waals surface area contributed by atoms with Crippen molar-refractivity contribution in [3.05, 3.63) is 39.9 Å². The first kappa shape index (κ1) is 14.0. The van der Waals surface area contributed by atoms with Crippen molar-refractivity contribution in [1.29, 1.82) is 5.26 Å². The first-order valence-corrected chi connectivity index (χ1v) is 6.12. The molecule has 0 bridgehead atoms. The highest BCUT2D eigenvalue weighted by Crippen LogP contribution is 2.15. The van der Waals surface area contributed by atoms with Crippen LogP contribution in [0.15, 0.2) is 24.3 Å². The first-order valence-electron chi connectivity index (χ1n) is 6.12. The van der Waals surface area contributed by atoms with Gasteiger partial charge in [-0.05, 0) is 5.56 Å². The van der Waals surface area contributed by atoms with E-state index in [2.05, 4.69) is 0 Å². The van der Waals surface area contributed by atoms with Crippen LogP contribution in [0.1, 0.15) is 5.56 Å². The van der Waals surface area contributed by atoms with E-state index in [0.717, 1.165) is 0 Å². The average molecular weight is 275 g/mol. The standard InChI is InChI=1S/C13H13N3O4/c14-8-12-9-20-5-4-15(12)13(17)7-10-2-1-3-11(6-10)16(18)19/h1-3,6,12H,4-5,7,9H2/t12-/m1/s1. The highest BCUT2D eigenvalue weighted by Gasteiger charge is 2.27. The van der Waals surface area contributed by atoms with Crippen LogP contribution in [0, 0.1) is 21.4 Å². The third-order valence-corrected chi connectivity index (χ3v) is 3.07. The van der Waals surface area contributed by atoms with Gasteiger partial charge in [-0.3, -0.25) is 14.9 Å². The molecule has 20 heavy (non-hydrogen) atoms. The minimum Gasteiger partial charge on any atom is -0.376 e. The molecular formula is C13H13N3O4. The van der Waals surface area contributed by atoms with Crippen LogP contribution in [0.25, 0.3) is 0 Å². The number of hydrogen-bond acceptors (Lipinski definition) is 5. The molecule has 1 aromatic carbocycles. The maximum atomic E-state index is 12.2. The van der Waals surface area contributed by atoms with E-state index in [4.69, 9.17) is 10.00 Å². The van der Waals surface area contributed by atoms with Gasteiger partial charge in [-0.25, -0.2) is 0 Å². The summed E-state index contributed by atoms with van der Waals surface area (Å²) in [6.45, 7) is 0.974. The molecule has 1 aliphatic heterocycles. The van der Waals surface area contributed by atoms with E-state index in [0.29, 0.717) is 18.7 Å². The van der Waals surface area contributed by atoms with E-state index >= 15 is 0 Å². The third kappa shape index (κ3) is 3.10. The number of nitriles is 1. The van der Waals surface area contributed by atoms with Crippen molar-refractivity contribution in [1.82, 2.24) is 4.90 Å². The van der Waals surface area contributed by atoms with Crippen molar-refractivity contribution in [2.75, 3.05) is 19.8 Å². The second-order valence-corrected chi connectivity index (χ2v) is 4.41. The topological polar surface area (TPSA) is 96.5 Å². The summed E-state index contributed by atoms with van der Waals surface area (Å²) in [4.78, 5) is 23.8. The third-order valence-electron chi connectivity index (χ3n) is 3.07. The molecule has 7 heteroatoms. The number of benzene rings is 1. The molecule has 1 heterocycles. The minimum atomic E-state index is -0.588. The van der Waals surface area contributed by atoms with Gasteiger partial charge in [0.05, 0.1) is 30.6 Å². The number of ether oxygens (including phenoxy) is 1. The molecule has 0 N–H and O–H groups in total. The van der Waals surface area contributed by atoms with Crippen LogP contribution >= 0.6 is 0 Å². The molecule has 1 aromatic rings. The summed E-state index contributed by atoms with van der Waals surface area (Å²) in [5, 5.41) is 19.7. The SMILES string of the molecule is N#C[C@@H]1COCCN1C(=O)Cc1cccc([N+](=O)[O-])c1. The summed E-state index contributed by atoms with van der Waals surface area (Å²) >= 11 is 0. The predicted octanol–water partition coefficient (Wildman–Crippen LogP) is 0.888. The van der Waals surface area contributed by atoms with Gasteiger partial charge in [-0.1, -0.05) is 12.1 Å². The molecule has 0 aromatic heterocycles. The van der Waals surface area contributed by atoms with Crippen LogP contribution < -0.4 is 0 Å². The Bertz CT molecular complexity index is 567. The van der Waals surface area contributed by atoms with Gasteiger partial charge in [0.2, 0.25) is 5.91 Å². The number of amides is 1. The normalized spacial score (nSPS) is 18.4. The average Bonchev–Trinajstić information content (AvgIpc) is 2.47. The number of non-ortho nitro benzene ring substituents is 1. The number of carbonyl (C=O) groups is 1. The summed E-state index contributed by atoms with van der Waals surface area (Å²) in [5.74, 6) is -0.222. The van der Waals surface area contributed by atoms with Gasteiger partial charge in [-0.15, -0.1) is 0 Å². The molecule has 104 valence electrons. The van der Waals surface area contributed by atoms with Gasteiger partial charge >= 0.3 is 0 Å². The van der Waals surface area contributed by atoms with Crippen molar-refractivity contribution in [2.24, 2.45) is 0 Å². The summed E-state index contributed by atoms with van der Waals surface area (Å²) in [5.41, 5.74) is 0.515. The zero-order valence-electron chi connectivity index (χ0n) is 10.7. The van der Waals surface area contributed by atoms with E-state index in [1.165, 1.54) is 17.0 Å². The van der Waals surface area contributed by atoms with Crippen LogP contribution in [0.2, 0.25) is 0 Å². The molecule has 0 unspecified atom stereocenters. The lowest BCUT2D eigenvalue weighted by Gasteiger charge is -2.31. The molecule has 2 rings (SSSR count). The molecule has 7 nitrogen and oxygen atoms in total. The maximum Gasteiger partial charge on any atom is 0.269 e. The van der Waals surface area contributed by atoms with Gasteiger partial charge in [0, 0.05) is 18.7 Å². The maximum absolute atomic E-state index is 12.2. The summed E-state index contributed by atoms with van der Waals surface area (Å²) in [6, 6.07) is 7.39. The van der Waals surface area contributed by atoms with Crippen LogP contribution in [0.4, 0.5) is 5.69 Å². The Kier molecular flexibility index (Phi) is 4.27. The molecule has 1 atom stereocenters. The first-order chi connectivity index (χ1) is 9.61. The number of nitro groups is 1. The molecular weight excluding hydrogens is 262 g/mol. The fourth-order valence-electron chi connectivity index (χ4n) is 2.07. The fourth-order valence-corrected chi connectivity index (χ4v) is 2.07. The van der Waals surface area contributed by atoms with Crippen molar-refractivity contribution >= 4 is 11.6 Å². The Morgan fingerprint density at radius 3 is 3.10 bits per heavy atom. The Hall–Kier alpha value is -2.46. The van der Waals surface area contributed by atoms with E-state index in [1.807, 2.05) is 6.07 Å². The highest BCUT2D eigenvalue weighted by molar-refractivity contribution is 5.79. The summed E-state index contributed by atoms with van der Waals surface area (Å²) in [7, 11) is 0.